The van der Waals surface area contributed by atoms with Crippen molar-refractivity contribution in [2.45, 2.75) is 40.0 Å². The van der Waals surface area contributed by atoms with Gasteiger partial charge in [0.2, 0.25) is 0 Å². The molecule has 0 atom stereocenters. The van der Waals surface area contributed by atoms with Crippen molar-refractivity contribution in [3.05, 3.63) is 47.1 Å². The highest BCUT2D eigenvalue weighted by atomic mass is 32.2. The third-order valence-corrected chi connectivity index (χ3v) is 4.82. The lowest BCUT2D eigenvalue weighted by molar-refractivity contribution is 0.930. The number of H-pyrrole nitrogens is 1. The standard InChI is InChI=1S/C10H17NS.C8H7N/c1-4-6-10-8(3)11-9(5-2)7-12-10;1-2-4-8-7(3-1)5-6-9-8/h4-7H2,1-3H3;1-6,9H. The zero-order valence-electron chi connectivity index (χ0n) is 13.1. The molecule has 2 aromatic rings. The topological polar surface area (TPSA) is 28.1 Å². The molecule has 0 amide bonds. The molecule has 0 unspecified atom stereocenters. The second-order valence-electron chi connectivity index (χ2n) is 5.14. The fourth-order valence-electron chi connectivity index (χ4n) is 2.26. The van der Waals surface area contributed by atoms with Crippen molar-refractivity contribution in [3.63, 3.8) is 0 Å². The Balaban J connectivity index is 0.000000159. The maximum Gasteiger partial charge on any atom is 0.0467 e. The predicted molar refractivity (Wildman–Crippen MR) is 96.1 cm³/mol. The van der Waals surface area contributed by atoms with Crippen LogP contribution < -0.4 is 0 Å². The number of aliphatic imine (C=N–C) groups is 1. The van der Waals surface area contributed by atoms with Gasteiger partial charge >= 0.3 is 0 Å². The van der Waals surface area contributed by atoms with E-state index in [0.717, 1.165) is 12.2 Å². The maximum atomic E-state index is 4.58. The van der Waals surface area contributed by atoms with Gasteiger partial charge in [-0.05, 0) is 37.3 Å². The number of hydrogen-bond acceptors (Lipinski definition) is 2. The molecular formula is C18H24N2S. The Kier molecular flexibility index (Phi) is 6.12. The van der Waals surface area contributed by atoms with Gasteiger partial charge in [-0.15, -0.1) is 11.8 Å². The first kappa shape index (κ1) is 15.9. The summed E-state index contributed by atoms with van der Waals surface area (Å²) in [6.45, 7) is 6.53. The molecule has 112 valence electrons. The number of allylic oxidation sites excluding steroid dienone is 2. The van der Waals surface area contributed by atoms with E-state index in [1.807, 2.05) is 30.1 Å². The number of benzene rings is 1. The Morgan fingerprint density at radius 3 is 2.67 bits per heavy atom. The molecule has 0 spiro atoms. The summed E-state index contributed by atoms with van der Waals surface area (Å²) in [5.41, 5.74) is 3.81. The number of aromatic nitrogens is 1. The summed E-state index contributed by atoms with van der Waals surface area (Å²) in [6, 6.07) is 10.3. The number of nitrogens with one attached hydrogen (secondary N) is 1. The lowest BCUT2D eigenvalue weighted by atomic mass is 10.2. The number of hydrogen-bond donors (Lipinski definition) is 1. The number of fused-ring (bicyclic) bond motifs is 1. The average Bonchev–Trinajstić information content (AvgIpc) is 2.98. The Hall–Kier alpha value is -1.48. The fourth-order valence-corrected chi connectivity index (χ4v) is 3.48. The lowest BCUT2D eigenvalue weighted by Gasteiger charge is -2.15. The zero-order valence-corrected chi connectivity index (χ0v) is 14.0. The molecule has 1 N–H and O–H groups in total. The van der Waals surface area contributed by atoms with E-state index in [1.54, 1.807) is 0 Å². The Labute approximate surface area is 131 Å². The first-order valence-electron chi connectivity index (χ1n) is 7.65. The molecule has 0 radical (unpaired) electrons. The summed E-state index contributed by atoms with van der Waals surface area (Å²) >= 11 is 1.98. The Morgan fingerprint density at radius 1 is 1.19 bits per heavy atom. The van der Waals surface area contributed by atoms with E-state index in [9.17, 15) is 0 Å². The van der Waals surface area contributed by atoms with Crippen LogP contribution in [0.15, 0.2) is 52.1 Å². The van der Waals surface area contributed by atoms with Crippen LogP contribution in [0, 0.1) is 0 Å². The minimum absolute atomic E-state index is 1.10. The van der Waals surface area contributed by atoms with Gasteiger partial charge in [-0.3, -0.25) is 4.99 Å². The summed E-state index contributed by atoms with van der Waals surface area (Å²) in [5, 5.41) is 1.28. The third-order valence-electron chi connectivity index (χ3n) is 3.49. The highest BCUT2D eigenvalue weighted by Crippen LogP contribution is 2.29. The van der Waals surface area contributed by atoms with Gasteiger partial charge in [0.05, 0.1) is 0 Å². The molecule has 3 rings (SSSR count). The van der Waals surface area contributed by atoms with Gasteiger partial charge in [0.1, 0.15) is 0 Å². The predicted octanol–water partition coefficient (Wildman–Crippen LogP) is 5.78. The summed E-state index contributed by atoms with van der Waals surface area (Å²) in [6.07, 6.45) is 5.49. The van der Waals surface area contributed by atoms with Gasteiger partial charge in [0.15, 0.2) is 0 Å². The van der Waals surface area contributed by atoms with Crippen LogP contribution in [0.2, 0.25) is 0 Å². The molecule has 0 bridgehead atoms. The van der Waals surface area contributed by atoms with E-state index in [1.165, 1.54) is 40.1 Å². The molecule has 0 saturated heterocycles. The van der Waals surface area contributed by atoms with E-state index in [-0.39, 0.29) is 0 Å². The minimum Gasteiger partial charge on any atom is -0.361 e. The van der Waals surface area contributed by atoms with E-state index in [2.05, 4.69) is 48.9 Å². The summed E-state index contributed by atoms with van der Waals surface area (Å²) in [7, 11) is 0. The van der Waals surface area contributed by atoms with Crippen molar-refractivity contribution in [2.24, 2.45) is 4.99 Å². The van der Waals surface area contributed by atoms with Crippen LogP contribution in [-0.2, 0) is 0 Å². The van der Waals surface area contributed by atoms with Crippen LogP contribution in [0.5, 0.6) is 0 Å². The first-order valence-corrected chi connectivity index (χ1v) is 8.64. The van der Waals surface area contributed by atoms with Crippen molar-refractivity contribution in [1.29, 1.82) is 0 Å². The molecule has 1 aliphatic heterocycles. The number of para-hydroxylation sites is 1. The number of rotatable bonds is 3. The second-order valence-corrected chi connectivity index (χ2v) is 6.21. The molecule has 1 aromatic carbocycles. The first-order chi connectivity index (χ1) is 10.2. The largest absolute Gasteiger partial charge is 0.361 e. The summed E-state index contributed by atoms with van der Waals surface area (Å²) in [4.78, 5) is 9.19. The highest BCUT2D eigenvalue weighted by molar-refractivity contribution is 8.03. The molecule has 2 heterocycles. The van der Waals surface area contributed by atoms with E-state index in [4.69, 9.17) is 0 Å². The van der Waals surface area contributed by atoms with E-state index in [0.29, 0.717) is 0 Å². The smallest absolute Gasteiger partial charge is 0.0467 e. The van der Waals surface area contributed by atoms with Gasteiger partial charge in [0, 0.05) is 33.8 Å². The van der Waals surface area contributed by atoms with Crippen molar-refractivity contribution in [2.75, 3.05) is 5.75 Å². The molecular weight excluding hydrogens is 276 g/mol. The fraction of sp³-hybridized carbons (Fsp3) is 0.389. The summed E-state index contributed by atoms with van der Waals surface area (Å²) < 4.78 is 0. The summed E-state index contributed by atoms with van der Waals surface area (Å²) in [5.74, 6) is 1.11. The zero-order chi connectivity index (χ0) is 15.1. The van der Waals surface area contributed by atoms with Gasteiger partial charge in [0.25, 0.3) is 0 Å². The van der Waals surface area contributed by atoms with Crippen LogP contribution in [-0.4, -0.2) is 16.4 Å². The Morgan fingerprint density at radius 2 is 2.00 bits per heavy atom. The van der Waals surface area contributed by atoms with Gasteiger partial charge in [-0.1, -0.05) is 38.5 Å². The van der Waals surface area contributed by atoms with Crippen molar-refractivity contribution in [3.8, 4) is 0 Å². The molecule has 2 nitrogen and oxygen atoms in total. The average molecular weight is 300 g/mol. The van der Waals surface area contributed by atoms with Crippen LogP contribution >= 0.6 is 11.8 Å². The minimum atomic E-state index is 1.10. The second kappa shape index (κ2) is 8.08. The molecule has 1 aromatic heterocycles. The van der Waals surface area contributed by atoms with Crippen molar-refractivity contribution >= 4 is 28.4 Å². The Bertz CT molecular complexity index is 607. The molecule has 1 aliphatic rings. The maximum absolute atomic E-state index is 4.58. The number of aromatic amines is 1. The van der Waals surface area contributed by atoms with Crippen LogP contribution in [0.1, 0.15) is 40.0 Å². The third kappa shape index (κ3) is 4.50. The quantitative estimate of drug-likeness (QED) is 0.764. The molecule has 0 aliphatic carbocycles. The number of nitrogens with zero attached hydrogens (tertiary/aromatic N) is 1. The SMILES string of the molecule is CCCC1=C(C)N=C(CC)CS1.c1ccc2[nH]ccc2c1. The van der Waals surface area contributed by atoms with Crippen molar-refractivity contribution < 1.29 is 0 Å². The normalized spacial score (nSPS) is 14.7. The highest BCUT2D eigenvalue weighted by Gasteiger charge is 2.10. The van der Waals surface area contributed by atoms with Crippen LogP contribution in [0.4, 0.5) is 0 Å². The van der Waals surface area contributed by atoms with Gasteiger partial charge < -0.3 is 4.98 Å². The van der Waals surface area contributed by atoms with Crippen LogP contribution in [0.25, 0.3) is 10.9 Å². The van der Waals surface area contributed by atoms with Gasteiger partial charge in [-0.25, -0.2) is 0 Å². The monoisotopic (exact) mass is 300 g/mol. The van der Waals surface area contributed by atoms with Crippen LogP contribution in [0.3, 0.4) is 0 Å². The molecule has 21 heavy (non-hydrogen) atoms. The molecule has 3 heteroatoms. The molecule has 0 saturated carbocycles. The van der Waals surface area contributed by atoms with Crippen molar-refractivity contribution in [1.82, 2.24) is 4.98 Å². The molecule has 0 fully saturated rings. The van der Waals surface area contributed by atoms with Gasteiger partial charge in [-0.2, -0.15) is 0 Å². The lowest BCUT2D eigenvalue weighted by Crippen LogP contribution is -2.06. The number of thioether (sulfide) groups is 1. The van der Waals surface area contributed by atoms with E-state index >= 15 is 0 Å². The van der Waals surface area contributed by atoms with E-state index < -0.39 is 0 Å².